The van der Waals surface area contributed by atoms with Crippen LogP contribution in [0.3, 0.4) is 0 Å². The highest BCUT2D eigenvalue weighted by Gasteiger charge is 2.12. The third kappa shape index (κ3) is 5.52. The number of halogens is 1. The molecule has 4 nitrogen and oxygen atoms in total. The van der Waals surface area contributed by atoms with Gasteiger partial charge >= 0.3 is 0 Å². The molecule has 5 heteroatoms. The quantitative estimate of drug-likeness (QED) is 0.497. The van der Waals surface area contributed by atoms with Crippen molar-refractivity contribution in [2.24, 2.45) is 0 Å². The molecule has 0 radical (unpaired) electrons. The van der Waals surface area contributed by atoms with Gasteiger partial charge < -0.3 is 14.8 Å². The van der Waals surface area contributed by atoms with E-state index < -0.39 is 0 Å². The molecule has 29 heavy (non-hydrogen) atoms. The lowest BCUT2D eigenvalue weighted by molar-refractivity contribution is 0.102. The third-order valence-electron chi connectivity index (χ3n) is 4.57. The topological polar surface area (TPSA) is 47.6 Å². The maximum absolute atomic E-state index is 12.6. The lowest BCUT2D eigenvalue weighted by Crippen LogP contribution is -2.12. The van der Waals surface area contributed by atoms with Crippen molar-refractivity contribution in [1.29, 1.82) is 0 Å². The van der Waals surface area contributed by atoms with Gasteiger partial charge in [-0.25, -0.2) is 0 Å². The molecule has 0 saturated heterocycles. The minimum atomic E-state index is -0.204. The Morgan fingerprint density at radius 3 is 2.28 bits per heavy atom. The number of amides is 1. The van der Waals surface area contributed by atoms with Crippen molar-refractivity contribution >= 4 is 23.2 Å². The number of nitrogens with one attached hydrogen (secondary N) is 1. The van der Waals surface area contributed by atoms with Gasteiger partial charge in [0.25, 0.3) is 5.91 Å². The van der Waals surface area contributed by atoms with E-state index in [0.29, 0.717) is 34.6 Å². The molecule has 1 amide bonds. The lowest BCUT2D eigenvalue weighted by atomic mass is 10.0. The van der Waals surface area contributed by atoms with Crippen LogP contribution in [0.15, 0.2) is 66.7 Å². The summed E-state index contributed by atoms with van der Waals surface area (Å²) < 4.78 is 11.3. The molecule has 0 unspecified atom stereocenters. The van der Waals surface area contributed by atoms with E-state index in [9.17, 15) is 4.79 Å². The standard InChI is InChI=1S/C24H24ClNO3/c1-16(2)18-6-11-21(12-7-18)26-24(27)19-8-13-22(23(14-19)28-3)29-15-17-4-9-20(25)10-5-17/h4-14,16H,15H2,1-3H3,(H,26,27). The first-order valence-electron chi connectivity index (χ1n) is 9.43. The minimum Gasteiger partial charge on any atom is -0.493 e. The van der Waals surface area contributed by atoms with E-state index in [1.165, 1.54) is 5.56 Å². The molecule has 0 atom stereocenters. The van der Waals surface area contributed by atoms with Crippen LogP contribution in [0.2, 0.25) is 5.02 Å². The summed E-state index contributed by atoms with van der Waals surface area (Å²) in [7, 11) is 1.55. The summed E-state index contributed by atoms with van der Waals surface area (Å²) in [6.45, 7) is 4.65. The maximum atomic E-state index is 12.6. The van der Waals surface area contributed by atoms with Crippen LogP contribution in [0.4, 0.5) is 5.69 Å². The van der Waals surface area contributed by atoms with Crippen LogP contribution in [0.1, 0.15) is 41.3 Å². The van der Waals surface area contributed by atoms with E-state index in [1.807, 2.05) is 48.5 Å². The van der Waals surface area contributed by atoms with Crippen molar-refractivity contribution in [2.45, 2.75) is 26.4 Å². The van der Waals surface area contributed by atoms with Gasteiger partial charge in [-0.1, -0.05) is 49.7 Å². The summed E-state index contributed by atoms with van der Waals surface area (Å²) in [6.07, 6.45) is 0. The first kappa shape index (κ1) is 20.7. The van der Waals surface area contributed by atoms with Gasteiger partial charge in [0.1, 0.15) is 6.61 Å². The molecule has 0 aliphatic rings. The molecule has 0 spiro atoms. The van der Waals surface area contributed by atoms with Gasteiger partial charge in [-0.05, 0) is 59.5 Å². The SMILES string of the molecule is COc1cc(C(=O)Nc2ccc(C(C)C)cc2)ccc1OCc1ccc(Cl)cc1. The second kappa shape index (κ2) is 9.48. The average Bonchev–Trinajstić information content (AvgIpc) is 2.73. The number of ether oxygens (including phenoxy) is 2. The van der Waals surface area contributed by atoms with Crippen molar-refractivity contribution in [1.82, 2.24) is 0 Å². The first-order chi connectivity index (χ1) is 14.0. The van der Waals surface area contributed by atoms with Crippen molar-refractivity contribution in [2.75, 3.05) is 12.4 Å². The summed E-state index contributed by atoms with van der Waals surface area (Å²) in [4.78, 5) is 12.6. The Morgan fingerprint density at radius 1 is 0.966 bits per heavy atom. The number of carbonyl (C=O) groups excluding carboxylic acids is 1. The lowest BCUT2D eigenvalue weighted by Gasteiger charge is -2.13. The molecule has 1 N–H and O–H groups in total. The predicted molar refractivity (Wildman–Crippen MR) is 117 cm³/mol. The highest BCUT2D eigenvalue weighted by molar-refractivity contribution is 6.30. The minimum absolute atomic E-state index is 0.204. The molecular formula is C24H24ClNO3. The number of methoxy groups -OCH3 is 1. The monoisotopic (exact) mass is 409 g/mol. The molecule has 0 saturated carbocycles. The number of benzene rings is 3. The van der Waals surface area contributed by atoms with Gasteiger partial charge in [0.05, 0.1) is 7.11 Å². The molecule has 0 heterocycles. The Hall–Kier alpha value is -2.98. The smallest absolute Gasteiger partial charge is 0.255 e. The van der Waals surface area contributed by atoms with Crippen LogP contribution in [-0.2, 0) is 6.61 Å². The first-order valence-corrected chi connectivity index (χ1v) is 9.80. The Morgan fingerprint density at radius 2 is 1.66 bits per heavy atom. The number of hydrogen-bond acceptors (Lipinski definition) is 3. The average molecular weight is 410 g/mol. The van der Waals surface area contributed by atoms with Crippen LogP contribution < -0.4 is 14.8 Å². The van der Waals surface area contributed by atoms with Gasteiger partial charge in [0, 0.05) is 16.3 Å². The summed E-state index contributed by atoms with van der Waals surface area (Å²) in [5, 5.41) is 3.59. The molecule has 3 aromatic rings. The Balaban J connectivity index is 1.68. The summed E-state index contributed by atoms with van der Waals surface area (Å²) in [5.74, 6) is 1.32. The zero-order valence-electron chi connectivity index (χ0n) is 16.7. The zero-order chi connectivity index (χ0) is 20.8. The van der Waals surface area contributed by atoms with Crippen LogP contribution in [-0.4, -0.2) is 13.0 Å². The summed E-state index contributed by atoms with van der Waals surface area (Å²) in [6, 6.07) is 20.4. The molecular weight excluding hydrogens is 386 g/mol. The van der Waals surface area contributed by atoms with E-state index in [-0.39, 0.29) is 5.91 Å². The van der Waals surface area contributed by atoms with Crippen LogP contribution in [0.5, 0.6) is 11.5 Å². The van der Waals surface area contributed by atoms with Crippen LogP contribution >= 0.6 is 11.6 Å². The summed E-state index contributed by atoms with van der Waals surface area (Å²) in [5.41, 5.74) is 3.46. The largest absolute Gasteiger partial charge is 0.493 e. The highest BCUT2D eigenvalue weighted by Crippen LogP contribution is 2.29. The normalized spacial score (nSPS) is 10.7. The van der Waals surface area contributed by atoms with E-state index in [4.69, 9.17) is 21.1 Å². The van der Waals surface area contributed by atoms with Gasteiger partial charge in [0.15, 0.2) is 11.5 Å². The number of hydrogen-bond donors (Lipinski definition) is 1. The molecule has 0 aliphatic carbocycles. The molecule has 0 bridgehead atoms. The van der Waals surface area contributed by atoms with E-state index in [1.54, 1.807) is 25.3 Å². The number of rotatable bonds is 7. The van der Waals surface area contributed by atoms with Crippen molar-refractivity contribution in [3.05, 3.63) is 88.4 Å². The third-order valence-corrected chi connectivity index (χ3v) is 4.82. The fourth-order valence-corrected chi connectivity index (χ4v) is 2.95. The zero-order valence-corrected chi connectivity index (χ0v) is 17.5. The van der Waals surface area contributed by atoms with E-state index in [0.717, 1.165) is 11.3 Å². The number of anilines is 1. The molecule has 150 valence electrons. The van der Waals surface area contributed by atoms with Gasteiger partial charge in [-0.3, -0.25) is 4.79 Å². The van der Waals surface area contributed by atoms with Crippen molar-refractivity contribution in [3.8, 4) is 11.5 Å². The predicted octanol–water partition coefficient (Wildman–Crippen LogP) is 6.30. The van der Waals surface area contributed by atoms with Crippen LogP contribution in [0, 0.1) is 0 Å². The maximum Gasteiger partial charge on any atom is 0.255 e. The fraction of sp³-hybridized carbons (Fsp3) is 0.208. The fourth-order valence-electron chi connectivity index (χ4n) is 2.82. The van der Waals surface area contributed by atoms with Crippen LogP contribution in [0.25, 0.3) is 0 Å². The Bertz CT molecular complexity index is 966. The van der Waals surface area contributed by atoms with E-state index >= 15 is 0 Å². The highest BCUT2D eigenvalue weighted by atomic mass is 35.5. The summed E-state index contributed by atoms with van der Waals surface area (Å²) >= 11 is 5.90. The molecule has 0 aromatic heterocycles. The number of carbonyl (C=O) groups is 1. The van der Waals surface area contributed by atoms with Crippen molar-refractivity contribution in [3.63, 3.8) is 0 Å². The molecule has 3 aromatic carbocycles. The van der Waals surface area contributed by atoms with Gasteiger partial charge in [-0.2, -0.15) is 0 Å². The second-order valence-corrected chi connectivity index (χ2v) is 7.45. The Kier molecular flexibility index (Phi) is 6.78. The molecule has 0 aliphatic heterocycles. The van der Waals surface area contributed by atoms with E-state index in [2.05, 4.69) is 19.2 Å². The molecule has 3 rings (SSSR count). The van der Waals surface area contributed by atoms with Crippen molar-refractivity contribution < 1.29 is 14.3 Å². The molecule has 0 fully saturated rings. The Labute approximate surface area is 176 Å². The van der Waals surface area contributed by atoms with Gasteiger partial charge in [0.2, 0.25) is 0 Å². The van der Waals surface area contributed by atoms with Gasteiger partial charge in [-0.15, -0.1) is 0 Å². The second-order valence-electron chi connectivity index (χ2n) is 7.01.